The van der Waals surface area contributed by atoms with E-state index < -0.39 is 6.04 Å². The zero-order chi connectivity index (χ0) is 20.0. The lowest BCUT2D eigenvalue weighted by Gasteiger charge is -2.17. The smallest absolute Gasteiger partial charge is 0.295 e. The van der Waals surface area contributed by atoms with Gasteiger partial charge in [0, 0.05) is 6.04 Å². The van der Waals surface area contributed by atoms with Gasteiger partial charge in [-0.2, -0.15) is 10.2 Å². The first kappa shape index (κ1) is 18.4. The molecule has 0 radical (unpaired) electrons. The average Bonchev–Trinajstić information content (AvgIpc) is 3.41. The second kappa shape index (κ2) is 6.89. The van der Waals surface area contributed by atoms with Crippen LogP contribution in [0.25, 0.3) is 16.6 Å². The molecule has 146 valence electrons. The number of amides is 1. The number of fused-ring (bicyclic) bond motifs is 1. The van der Waals surface area contributed by atoms with E-state index in [2.05, 4.69) is 15.5 Å². The Bertz CT molecular complexity index is 1110. The van der Waals surface area contributed by atoms with Gasteiger partial charge in [-0.15, -0.1) is 0 Å². The highest BCUT2D eigenvalue weighted by atomic mass is 16.2. The van der Waals surface area contributed by atoms with Crippen molar-refractivity contribution in [1.82, 2.24) is 24.9 Å². The average molecular weight is 379 g/mol. The van der Waals surface area contributed by atoms with Crippen LogP contribution in [0.3, 0.4) is 0 Å². The van der Waals surface area contributed by atoms with Gasteiger partial charge >= 0.3 is 0 Å². The molecule has 0 bridgehead atoms. The number of nitrogens with zero attached hydrogens (tertiary/aromatic N) is 4. The molecule has 1 aliphatic carbocycles. The summed E-state index contributed by atoms with van der Waals surface area (Å²) in [7, 11) is 0. The molecular weight excluding hydrogens is 354 g/mol. The van der Waals surface area contributed by atoms with Gasteiger partial charge in [0.1, 0.15) is 6.04 Å². The van der Waals surface area contributed by atoms with Crippen molar-refractivity contribution in [2.75, 3.05) is 0 Å². The molecule has 1 N–H and O–H groups in total. The van der Waals surface area contributed by atoms with Gasteiger partial charge in [0.2, 0.25) is 5.91 Å². The lowest BCUT2D eigenvalue weighted by molar-refractivity contribution is -0.124. The van der Waals surface area contributed by atoms with Crippen molar-refractivity contribution in [1.29, 1.82) is 0 Å². The summed E-state index contributed by atoms with van der Waals surface area (Å²) in [4.78, 5) is 25.8. The Kier molecular flexibility index (Phi) is 4.53. The second-order valence-corrected chi connectivity index (χ2v) is 7.60. The number of aromatic nitrogens is 4. The fraction of sp³-hybridized carbons (Fsp3) is 0.429. The first-order valence-electron chi connectivity index (χ1n) is 9.77. The van der Waals surface area contributed by atoms with Gasteiger partial charge in [-0.05, 0) is 52.2 Å². The maximum Gasteiger partial charge on any atom is 0.295 e. The van der Waals surface area contributed by atoms with Crippen LogP contribution in [0.5, 0.6) is 0 Å². The van der Waals surface area contributed by atoms with Crippen molar-refractivity contribution >= 4 is 16.8 Å². The van der Waals surface area contributed by atoms with Crippen LogP contribution in [0, 0.1) is 20.8 Å². The molecule has 1 aromatic carbocycles. The Hall–Kier alpha value is -2.96. The quantitative estimate of drug-likeness (QED) is 0.739. The summed E-state index contributed by atoms with van der Waals surface area (Å²) in [6.45, 7) is 7.71. The van der Waals surface area contributed by atoms with E-state index in [0.29, 0.717) is 17.6 Å². The minimum atomic E-state index is -0.624. The molecule has 1 saturated carbocycles. The van der Waals surface area contributed by atoms with Crippen LogP contribution in [0.2, 0.25) is 0 Å². The number of aryl methyl sites for hydroxylation is 3. The molecule has 1 amide bonds. The van der Waals surface area contributed by atoms with Crippen LogP contribution in [0.1, 0.15) is 49.2 Å². The molecule has 7 nitrogen and oxygen atoms in total. The third-order valence-electron chi connectivity index (χ3n) is 5.33. The van der Waals surface area contributed by atoms with Crippen LogP contribution in [0.15, 0.2) is 29.1 Å². The number of hydrogen-bond donors (Lipinski definition) is 1. The van der Waals surface area contributed by atoms with Gasteiger partial charge in [0.05, 0.1) is 22.5 Å². The van der Waals surface area contributed by atoms with Gasteiger partial charge < -0.3 is 5.32 Å². The monoisotopic (exact) mass is 379 g/mol. The van der Waals surface area contributed by atoms with Crippen molar-refractivity contribution in [3.8, 4) is 5.69 Å². The van der Waals surface area contributed by atoms with Crippen molar-refractivity contribution in [2.45, 2.75) is 59.0 Å². The number of carbonyl (C=O) groups excluding carboxylic acids is 1. The van der Waals surface area contributed by atoms with Crippen molar-refractivity contribution < 1.29 is 4.79 Å². The predicted octanol–water partition coefficient (Wildman–Crippen LogP) is 2.74. The van der Waals surface area contributed by atoms with E-state index in [-0.39, 0.29) is 17.5 Å². The van der Waals surface area contributed by atoms with E-state index in [4.69, 9.17) is 0 Å². The predicted molar refractivity (Wildman–Crippen MR) is 108 cm³/mol. The van der Waals surface area contributed by atoms with E-state index in [1.54, 1.807) is 4.68 Å². The highest BCUT2D eigenvalue weighted by molar-refractivity contribution is 5.84. The molecule has 2 heterocycles. The number of nitrogens with one attached hydrogen (secondary N) is 1. The Labute approximate surface area is 163 Å². The van der Waals surface area contributed by atoms with E-state index in [0.717, 1.165) is 35.2 Å². The first-order valence-corrected chi connectivity index (χ1v) is 9.77. The van der Waals surface area contributed by atoms with Crippen LogP contribution in [0.4, 0.5) is 0 Å². The molecule has 1 fully saturated rings. The molecule has 0 unspecified atom stereocenters. The zero-order valence-electron chi connectivity index (χ0n) is 16.7. The Balaban J connectivity index is 1.84. The third kappa shape index (κ3) is 3.10. The summed E-state index contributed by atoms with van der Waals surface area (Å²) in [6, 6.07) is 7.60. The standard InChI is InChI=1S/C21H25N5O2/c1-5-17(20(27)22-15-8-9-15)26-21(28)19-18(13(3)23-26)14(4)25(24-19)16-10-6-12(2)7-11-16/h6-7,10-11,15,17H,5,8-9H2,1-4H3,(H,22,27)/t17-/m0/s1. The molecule has 0 saturated heterocycles. The summed E-state index contributed by atoms with van der Waals surface area (Å²) < 4.78 is 3.08. The lowest BCUT2D eigenvalue weighted by Crippen LogP contribution is -2.39. The van der Waals surface area contributed by atoms with Gasteiger partial charge in [-0.25, -0.2) is 9.36 Å². The molecule has 4 rings (SSSR count). The Morgan fingerprint density at radius 1 is 1.18 bits per heavy atom. The lowest BCUT2D eigenvalue weighted by atomic mass is 10.2. The van der Waals surface area contributed by atoms with Crippen molar-refractivity contribution in [2.24, 2.45) is 0 Å². The topological polar surface area (TPSA) is 81.8 Å². The van der Waals surface area contributed by atoms with Gasteiger partial charge in [0.25, 0.3) is 5.56 Å². The minimum absolute atomic E-state index is 0.145. The highest BCUT2D eigenvalue weighted by Gasteiger charge is 2.30. The fourth-order valence-electron chi connectivity index (χ4n) is 3.59. The van der Waals surface area contributed by atoms with Crippen LogP contribution in [-0.4, -0.2) is 31.5 Å². The molecule has 2 aromatic heterocycles. The van der Waals surface area contributed by atoms with Crippen molar-refractivity contribution in [3.63, 3.8) is 0 Å². The first-order chi connectivity index (χ1) is 13.4. The molecule has 28 heavy (non-hydrogen) atoms. The molecule has 1 aliphatic rings. The summed E-state index contributed by atoms with van der Waals surface area (Å²) in [5.41, 5.74) is 3.64. The molecule has 1 atom stereocenters. The molecule has 3 aromatic rings. The summed E-state index contributed by atoms with van der Waals surface area (Å²) in [6.07, 6.45) is 2.50. The van der Waals surface area contributed by atoms with Crippen molar-refractivity contribution in [3.05, 3.63) is 51.6 Å². The Morgan fingerprint density at radius 2 is 1.86 bits per heavy atom. The zero-order valence-corrected chi connectivity index (χ0v) is 16.7. The maximum atomic E-state index is 13.2. The highest BCUT2D eigenvalue weighted by Crippen LogP contribution is 2.23. The summed E-state index contributed by atoms with van der Waals surface area (Å²) in [5, 5.41) is 12.8. The molecular formula is C21H25N5O2. The largest absolute Gasteiger partial charge is 0.352 e. The minimum Gasteiger partial charge on any atom is -0.352 e. The fourth-order valence-corrected chi connectivity index (χ4v) is 3.59. The van der Waals surface area contributed by atoms with Crippen LogP contribution >= 0.6 is 0 Å². The van der Waals surface area contributed by atoms with E-state index in [1.165, 1.54) is 4.68 Å². The SMILES string of the molecule is CC[C@@H](C(=O)NC1CC1)n1nc(C)c2c(C)n(-c3ccc(C)cc3)nc2c1=O. The number of rotatable bonds is 5. The Morgan fingerprint density at radius 3 is 2.46 bits per heavy atom. The van der Waals surface area contributed by atoms with Gasteiger partial charge in [0.15, 0.2) is 5.52 Å². The second-order valence-electron chi connectivity index (χ2n) is 7.60. The van der Waals surface area contributed by atoms with E-state index in [9.17, 15) is 9.59 Å². The molecule has 7 heteroatoms. The summed E-state index contributed by atoms with van der Waals surface area (Å²) >= 11 is 0. The molecule has 0 spiro atoms. The van der Waals surface area contributed by atoms with Crippen LogP contribution < -0.4 is 10.9 Å². The third-order valence-corrected chi connectivity index (χ3v) is 5.33. The van der Waals surface area contributed by atoms with Gasteiger partial charge in [-0.3, -0.25) is 9.59 Å². The van der Waals surface area contributed by atoms with E-state index in [1.807, 2.05) is 52.0 Å². The molecule has 0 aliphatic heterocycles. The van der Waals surface area contributed by atoms with E-state index >= 15 is 0 Å². The number of benzene rings is 1. The number of carbonyl (C=O) groups is 1. The number of hydrogen-bond acceptors (Lipinski definition) is 4. The van der Waals surface area contributed by atoms with Crippen LogP contribution in [-0.2, 0) is 4.79 Å². The van der Waals surface area contributed by atoms with Gasteiger partial charge in [-0.1, -0.05) is 24.6 Å². The summed E-state index contributed by atoms with van der Waals surface area (Å²) in [5.74, 6) is -0.145. The normalized spacial score (nSPS) is 15.0. The maximum absolute atomic E-state index is 13.2.